The third-order valence-electron chi connectivity index (χ3n) is 3.82. The molecule has 0 bridgehead atoms. The van der Waals surface area contributed by atoms with E-state index >= 15 is 0 Å². The van der Waals surface area contributed by atoms with Crippen LogP contribution in [0.2, 0.25) is 0 Å². The van der Waals surface area contributed by atoms with Crippen molar-refractivity contribution in [3.05, 3.63) is 35.4 Å². The maximum Gasteiger partial charge on any atom is 0.218 e. The lowest BCUT2D eigenvalue weighted by atomic mass is 10.1. The Hall–Kier alpha value is -1.42. The van der Waals surface area contributed by atoms with E-state index in [0.29, 0.717) is 24.2 Å². The molecule has 1 saturated heterocycles. The largest absolute Gasteiger partial charge is 0.315 e. The predicted molar refractivity (Wildman–Crippen MR) is 82.1 cm³/mol. The summed E-state index contributed by atoms with van der Waals surface area (Å²) in [6, 6.07) is 8.96. The lowest BCUT2D eigenvalue weighted by Crippen LogP contribution is -2.48. The molecule has 21 heavy (non-hydrogen) atoms. The number of benzene rings is 1. The Morgan fingerprint density at radius 3 is 2.81 bits per heavy atom. The zero-order valence-corrected chi connectivity index (χ0v) is 13.1. The second kappa shape index (κ2) is 7.03. The molecule has 0 saturated carbocycles. The van der Waals surface area contributed by atoms with Gasteiger partial charge in [0.25, 0.3) is 0 Å². The summed E-state index contributed by atoms with van der Waals surface area (Å²) in [7, 11) is -3.42. The molecule has 1 aliphatic heterocycles. The van der Waals surface area contributed by atoms with E-state index in [1.165, 1.54) is 0 Å². The summed E-state index contributed by atoms with van der Waals surface area (Å²) in [6.45, 7) is 3.98. The number of hydrogen-bond donors (Lipinski definition) is 1. The van der Waals surface area contributed by atoms with Crippen molar-refractivity contribution in [2.24, 2.45) is 0 Å². The molecule has 1 aromatic carbocycles. The Labute approximate surface area is 126 Å². The molecule has 0 radical (unpaired) electrons. The van der Waals surface area contributed by atoms with Gasteiger partial charge in [0.05, 0.1) is 17.4 Å². The fourth-order valence-corrected chi connectivity index (χ4v) is 4.63. The van der Waals surface area contributed by atoms with E-state index in [4.69, 9.17) is 5.26 Å². The van der Waals surface area contributed by atoms with E-state index in [-0.39, 0.29) is 11.8 Å². The molecule has 0 amide bonds. The van der Waals surface area contributed by atoms with Crippen LogP contribution in [0.25, 0.3) is 0 Å². The Kier molecular flexibility index (Phi) is 5.34. The van der Waals surface area contributed by atoms with Gasteiger partial charge in [0.1, 0.15) is 0 Å². The first kappa shape index (κ1) is 16.0. The van der Waals surface area contributed by atoms with E-state index < -0.39 is 10.0 Å². The molecule has 1 N–H and O–H groups in total. The van der Waals surface area contributed by atoms with E-state index in [0.717, 1.165) is 19.4 Å². The zero-order valence-electron chi connectivity index (χ0n) is 12.2. The number of hydrogen-bond acceptors (Lipinski definition) is 4. The fourth-order valence-electron chi connectivity index (χ4n) is 2.80. The quantitative estimate of drug-likeness (QED) is 0.894. The van der Waals surface area contributed by atoms with Crippen LogP contribution in [0.15, 0.2) is 24.3 Å². The molecule has 1 aromatic rings. The molecule has 1 fully saturated rings. The first-order chi connectivity index (χ1) is 10.1. The monoisotopic (exact) mass is 307 g/mol. The summed E-state index contributed by atoms with van der Waals surface area (Å²) in [5.74, 6) is -0.110. The summed E-state index contributed by atoms with van der Waals surface area (Å²) in [6.07, 6.45) is 1.88. The van der Waals surface area contributed by atoms with E-state index in [1.807, 2.05) is 6.92 Å². The van der Waals surface area contributed by atoms with Gasteiger partial charge in [0, 0.05) is 19.1 Å². The lowest BCUT2D eigenvalue weighted by molar-refractivity contribution is 0.274. The third kappa shape index (κ3) is 3.82. The van der Waals surface area contributed by atoms with Gasteiger partial charge >= 0.3 is 0 Å². The summed E-state index contributed by atoms with van der Waals surface area (Å²) < 4.78 is 27.0. The van der Waals surface area contributed by atoms with Crippen molar-refractivity contribution < 1.29 is 8.42 Å². The minimum Gasteiger partial charge on any atom is -0.315 e. The highest BCUT2D eigenvalue weighted by Crippen LogP contribution is 2.19. The molecule has 1 heterocycles. The first-order valence-electron chi connectivity index (χ1n) is 7.26. The fraction of sp³-hybridized carbons (Fsp3) is 0.533. The number of piperidine rings is 1. The summed E-state index contributed by atoms with van der Waals surface area (Å²) in [5, 5.41) is 12.3. The van der Waals surface area contributed by atoms with Crippen LogP contribution >= 0.6 is 0 Å². The molecular formula is C15H21N3O2S. The number of likely N-dealkylation sites (N-methyl/N-ethyl adjacent to an activating group) is 1. The van der Waals surface area contributed by atoms with Crippen LogP contribution in [0.5, 0.6) is 0 Å². The van der Waals surface area contributed by atoms with Crippen LogP contribution in [0.3, 0.4) is 0 Å². The van der Waals surface area contributed by atoms with Crippen molar-refractivity contribution >= 4 is 10.0 Å². The highest BCUT2D eigenvalue weighted by atomic mass is 32.2. The summed E-state index contributed by atoms with van der Waals surface area (Å²) >= 11 is 0. The number of rotatable bonds is 5. The summed E-state index contributed by atoms with van der Waals surface area (Å²) in [5.41, 5.74) is 1.00. The van der Waals surface area contributed by atoms with Crippen molar-refractivity contribution in [1.29, 1.82) is 5.26 Å². The van der Waals surface area contributed by atoms with Crippen molar-refractivity contribution in [2.75, 3.05) is 19.6 Å². The zero-order chi connectivity index (χ0) is 15.3. The second-order valence-electron chi connectivity index (χ2n) is 5.23. The Bertz CT molecular complexity index is 616. The van der Waals surface area contributed by atoms with Gasteiger partial charge in [-0.3, -0.25) is 0 Å². The molecule has 2 rings (SSSR count). The average Bonchev–Trinajstić information content (AvgIpc) is 2.49. The number of sulfonamides is 1. The Morgan fingerprint density at radius 2 is 2.19 bits per heavy atom. The van der Waals surface area contributed by atoms with Gasteiger partial charge < -0.3 is 5.32 Å². The van der Waals surface area contributed by atoms with Crippen molar-refractivity contribution in [2.45, 2.75) is 31.6 Å². The third-order valence-corrected chi connectivity index (χ3v) is 5.77. The van der Waals surface area contributed by atoms with Crippen LogP contribution < -0.4 is 5.32 Å². The van der Waals surface area contributed by atoms with E-state index in [2.05, 4.69) is 11.4 Å². The van der Waals surface area contributed by atoms with Crippen LogP contribution in [0.1, 0.15) is 30.9 Å². The molecule has 0 aromatic heterocycles. The van der Waals surface area contributed by atoms with Gasteiger partial charge in [-0.05, 0) is 31.0 Å². The standard InChI is InChI=1S/C15H21N3O2S/c1-2-18(15-8-5-9-17-11-15)21(19,20)12-14-7-4-3-6-13(14)10-16/h3-4,6-7,15,17H,2,5,8-9,11-12H2,1H3. The minimum absolute atomic E-state index is 0.0167. The summed E-state index contributed by atoms with van der Waals surface area (Å²) in [4.78, 5) is 0. The van der Waals surface area contributed by atoms with Crippen molar-refractivity contribution in [3.63, 3.8) is 0 Å². The second-order valence-corrected chi connectivity index (χ2v) is 7.15. The molecule has 1 atom stereocenters. The smallest absolute Gasteiger partial charge is 0.218 e. The van der Waals surface area contributed by atoms with Crippen LogP contribution in [-0.2, 0) is 15.8 Å². The van der Waals surface area contributed by atoms with Gasteiger partial charge in [0.2, 0.25) is 10.0 Å². The molecule has 1 unspecified atom stereocenters. The van der Waals surface area contributed by atoms with E-state index in [9.17, 15) is 8.42 Å². The van der Waals surface area contributed by atoms with Crippen LogP contribution in [0, 0.1) is 11.3 Å². The number of nitrogens with zero attached hydrogens (tertiary/aromatic N) is 2. The highest BCUT2D eigenvalue weighted by molar-refractivity contribution is 7.88. The first-order valence-corrected chi connectivity index (χ1v) is 8.87. The molecule has 6 heteroatoms. The molecule has 5 nitrogen and oxygen atoms in total. The van der Waals surface area contributed by atoms with Crippen LogP contribution in [0.4, 0.5) is 0 Å². The Balaban J connectivity index is 2.21. The van der Waals surface area contributed by atoms with Crippen molar-refractivity contribution in [1.82, 2.24) is 9.62 Å². The molecule has 0 aliphatic carbocycles. The number of nitrogens with one attached hydrogen (secondary N) is 1. The topological polar surface area (TPSA) is 73.2 Å². The molecular weight excluding hydrogens is 286 g/mol. The van der Waals surface area contributed by atoms with Gasteiger partial charge in [-0.2, -0.15) is 9.57 Å². The minimum atomic E-state index is -3.42. The SMILES string of the molecule is CCN(C1CCCNC1)S(=O)(=O)Cc1ccccc1C#N. The lowest BCUT2D eigenvalue weighted by Gasteiger charge is -2.33. The van der Waals surface area contributed by atoms with Crippen LogP contribution in [-0.4, -0.2) is 38.4 Å². The van der Waals surface area contributed by atoms with Gasteiger partial charge in [-0.15, -0.1) is 0 Å². The van der Waals surface area contributed by atoms with Crippen molar-refractivity contribution in [3.8, 4) is 6.07 Å². The maximum absolute atomic E-state index is 12.7. The highest BCUT2D eigenvalue weighted by Gasteiger charge is 2.30. The van der Waals surface area contributed by atoms with E-state index in [1.54, 1.807) is 28.6 Å². The van der Waals surface area contributed by atoms with Gasteiger partial charge in [-0.1, -0.05) is 25.1 Å². The van der Waals surface area contributed by atoms with Gasteiger partial charge in [0.15, 0.2) is 0 Å². The molecule has 0 spiro atoms. The number of nitriles is 1. The molecule has 114 valence electrons. The predicted octanol–water partition coefficient (Wildman–Crippen LogP) is 1.46. The normalized spacial score (nSPS) is 19.4. The average molecular weight is 307 g/mol. The van der Waals surface area contributed by atoms with Gasteiger partial charge in [-0.25, -0.2) is 8.42 Å². The molecule has 1 aliphatic rings. The maximum atomic E-state index is 12.7. The Morgan fingerprint density at radius 1 is 1.43 bits per heavy atom.